The van der Waals surface area contributed by atoms with Gasteiger partial charge in [0.1, 0.15) is 24.0 Å². The van der Waals surface area contributed by atoms with Gasteiger partial charge in [0.25, 0.3) is 0 Å². The molecule has 3 N–H and O–H groups in total. The maximum atomic E-state index is 11.9. The minimum atomic E-state index is -1.000. The first kappa shape index (κ1) is 17.1. The van der Waals surface area contributed by atoms with E-state index in [1.54, 1.807) is 6.07 Å². The molecule has 0 saturated heterocycles. The molecule has 7 heteroatoms. The molecule has 0 amide bonds. The largest absolute Gasteiger partial charge is 0.504 e. The topological polar surface area (TPSA) is 109 Å². The SMILES string of the molecule is CCCCOc1c(O)c2ccc(OCC(O)CO)cc2oc1=O. The number of rotatable bonds is 8. The molecular formula is C16H20O7. The van der Waals surface area contributed by atoms with E-state index in [0.717, 1.165) is 12.8 Å². The number of hydrogen-bond donors (Lipinski definition) is 3. The maximum Gasteiger partial charge on any atom is 0.383 e. The second-order valence-electron chi connectivity index (χ2n) is 5.07. The lowest BCUT2D eigenvalue weighted by Gasteiger charge is -2.11. The van der Waals surface area contributed by atoms with Crippen molar-refractivity contribution in [3.63, 3.8) is 0 Å². The molecule has 0 spiro atoms. The van der Waals surface area contributed by atoms with Crippen molar-refractivity contribution in [1.29, 1.82) is 0 Å². The van der Waals surface area contributed by atoms with E-state index in [1.807, 2.05) is 6.92 Å². The Morgan fingerprint density at radius 1 is 1.30 bits per heavy atom. The van der Waals surface area contributed by atoms with Gasteiger partial charge in [-0.1, -0.05) is 13.3 Å². The van der Waals surface area contributed by atoms with Crippen LogP contribution in [0.25, 0.3) is 11.0 Å². The van der Waals surface area contributed by atoms with Crippen LogP contribution in [0.15, 0.2) is 27.4 Å². The number of unbranched alkanes of at least 4 members (excludes halogenated alkanes) is 1. The van der Waals surface area contributed by atoms with Gasteiger partial charge in [-0.15, -0.1) is 0 Å². The molecule has 0 aliphatic rings. The average molecular weight is 324 g/mol. The van der Waals surface area contributed by atoms with E-state index in [0.29, 0.717) is 17.7 Å². The van der Waals surface area contributed by atoms with Crippen LogP contribution in [0.4, 0.5) is 0 Å². The van der Waals surface area contributed by atoms with Crippen LogP contribution in [0.1, 0.15) is 19.8 Å². The molecule has 0 radical (unpaired) electrons. The minimum Gasteiger partial charge on any atom is -0.504 e. The predicted molar refractivity (Wildman–Crippen MR) is 83.1 cm³/mol. The zero-order valence-corrected chi connectivity index (χ0v) is 12.8. The molecule has 23 heavy (non-hydrogen) atoms. The van der Waals surface area contributed by atoms with Crippen molar-refractivity contribution in [3.8, 4) is 17.2 Å². The second-order valence-corrected chi connectivity index (χ2v) is 5.07. The first-order valence-corrected chi connectivity index (χ1v) is 7.41. The quantitative estimate of drug-likeness (QED) is 0.497. The molecule has 1 aromatic carbocycles. The van der Waals surface area contributed by atoms with Gasteiger partial charge in [0.05, 0.1) is 18.6 Å². The molecule has 1 unspecified atom stereocenters. The lowest BCUT2D eigenvalue weighted by molar-refractivity contribution is 0.0536. The third-order valence-electron chi connectivity index (χ3n) is 3.21. The third-order valence-corrected chi connectivity index (χ3v) is 3.21. The summed E-state index contributed by atoms with van der Waals surface area (Å²) in [4.78, 5) is 11.9. The highest BCUT2D eigenvalue weighted by molar-refractivity contribution is 5.86. The van der Waals surface area contributed by atoms with E-state index >= 15 is 0 Å². The van der Waals surface area contributed by atoms with E-state index in [9.17, 15) is 15.0 Å². The molecule has 0 saturated carbocycles. The fourth-order valence-electron chi connectivity index (χ4n) is 1.93. The van der Waals surface area contributed by atoms with Gasteiger partial charge in [0, 0.05) is 6.07 Å². The molecular weight excluding hydrogens is 304 g/mol. The van der Waals surface area contributed by atoms with Crippen LogP contribution in [-0.4, -0.2) is 41.2 Å². The van der Waals surface area contributed by atoms with E-state index < -0.39 is 18.3 Å². The minimum absolute atomic E-state index is 0.101. The van der Waals surface area contributed by atoms with Gasteiger partial charge in [0.2, 0.25) is 5.75 Å². The molecule has 1 aromatic heterocycles. The molecule has 0 aliphatic heterocycles. The summed E-state index contributed by atoms with van der Waals surface area (Å²) in [5, 5.41) is 28.5. The van der Waals surface area contributed by atoms with Crippen molar-refractivity contribution in [2.24, 2.45) is 0 Å². The highest BCUT2D eigenvalue weighted by Gasteiger charge is 2.16. The molecule has 1 atom stereocenters. The van der Waals surface area contributed by atoms with Crippen LogP contribution in [-0.2, 0) is 0 Å². The van der Waals surface area contributed by atoms with Crippen molar-refractivity contribution in [2.45, 2.75) is 25.9 Å². The number of aliphatic hydroxyl groups is 2. The number of aliphatic hydroxyl groups excluding tert-OH is 2. The number of benzene rings is 1. The summed E-state index contributed by atoms with van der Waals surface area (Å²) >= 11 is 0. The van der Waals surface area contributed by atoms with Crippen molar-refractivity contribution >= 4 is 11.0 Å². The fraction of sp³-hybridized carbons (Fsp3) is 0.438. The van der Waals surface area contributed by atoms with Crippen molar-refractivity contribution in [2.75, 3.05) is 19.8 Å². The monoisotopic (exact) mass is 324 g/mol. The summed E-state index contributed by atoms with van der Waals surface area (Å²) < 4.78 is 15.7. The lowest BCUT2D eigenvalue weighted by Crippen LogP contribution is -2.21. The number of aromatic hydroxyl groups is 1. The molecule has 0 fully saturated rings. The standard InChI is InChI=1S/C16H20O7/c1-2-3-6-21-15-14(19)12-5-4-11(22-9-10(18)8-17)7-13(12)23-16(15)20/h4-5,7,10,17-19H,2-3,6,8-9H2,1H3. The third kappa shape index (κ3) is 4.14. The molecule has 126 valence electrons. The smallest absolute Gasteiger partial charge is 0.383 e. The van der Waals surface area contributed by atoms with Gasteiger partial charge in [0.15, 0.2) is 5.75 Å². The second kappa shape index (κ2) is 7.85. The van der Waals surface area contributed by atoms with Crippen LogP contribution in [0.3, 0.4) is 0 Å². The van der Waals surface area contributed by atoms with Crippen molar-refractivity contribution in [1.82, 2.24) is 0 Å². The number of hydrogen-bond acceptors (Lipinski definition) is 7. The zero-order valence-electron chi connectivity index (χ0n) is 12.8. The van der Waals surface area contributed by atoms with Gasteiger partial charge >= 0.3 is 5.63 Å². The van der Waals surface area contributed by atoms with Crippen LogP contribution < -0.4 is 15.1 Å². The molecule has 2 aromatic rings. The van der Waals surface area contributed by atoms with Crippen LogP contribution in [0, 0.1) is 0 Å². The number of fused-ring (bicyclic) bond motifs is 1. The molecule has 0 bridgehead atoms. The van der Waals surface area contributed by atoms with Gasteiger partial charge in [-0.05, 0) is 18.6 Å². The Balaban J connectivity index is 2.27. The van der Waals surface area contributed by atoms with Gasteiger partial charge in [-0.3, -0.25) is 0 Å². The van der Waals surface area contributed by atoms with E-state index in [2.05, 4.69) is 0 Å². The summed E-state index contributed by atoms with van der Waals surface area (Å²) in [5.41, 5.74) is -0.620. The zero-order chi connectivity index (χ0) is 16.8. The maximum absolute atomic E-state index is 11.9. The lowest BCUT2D eigenvalue weighted by atomic mass is 10.2. The summed E-state index contributed by atoms with van der Waals surface area (Å²) in [6.07, 6.45) is 0.664. The molecule has 1 heterocycles. The van der Waals surface area contributed by atoms with Gasteiger partial charge in [-0.2, -0.15) is 0 Å². The highest BCUT2D eigenvalue weighted by atomic mass is 16.5. The van der Waals surface area contributed by atoms with Crippen LogP contribution in [0.2, 0.25) is 0 Å². The summed E-state index contributed by atoms with van der Waals surface area (Å²) in [6, 6.07) is 4.51. The Morgan fingerprint density at radius 2 is 2.09 bits per heavy atom. The summed E-state index contributed by atoms with van der Waals surface area (Å²) in [6.45, 7) is 1.79. The fourth-order valence-corrected chi connectivity index (χ4v) is 1.93. The van der Waals surface area contributed by atoms with E-state index in [-0.39, 0.29) is 23.7 Å². The Bertz CT molecular complexity index is 707. The van der Waals surface area contributed by atoms with E-state index in [4.69, 9.17) is 19.0 Å². The Morgan fingerprint density at radius 3 is 2.78 bits per heavy atom. The summed E-state index contributed by atoms with van der Waals surface area (Å²) in [7, 11) is 0. The Hall–Kier alpha value is -2.25. The first-order chi connectivity index (χ1) is 11.1. The molecule has 7 nitrogen and oxygen atoms in total. The number of ether oxygens (including phenoxy) is 2. The molecule has 2 rings (SSSR count). The van der Waals surface area contributed by atoms with Crippen LogP contribution in [0.5, 0.6) is 17.2 Å². The average Bonchev–Trinajstić information content (AvgIpc) is 2.55. The van der Waals surface area contributed by atoms with Crippen molar-refractivity contribution in [3.05, 3.63) is 28.6 Å². The first-order valence-electron chi connectivity index (χ1n) is 7.41. The highest BCUT2D eigenvalue weighted by Crippen LogP contribution is 2.33. The van der Waals surface area contributed by atoms with Crippen LogP contribution >= 0.6 is 0 Å². The van der Waals surface area contributed by atoms with Gasteiger partial charge in [-0.25, -0.2) is 4.79 Å². The van der Waals surface area contributed by atoms with E-state index in [1.165, 1.54) is 12.1 Å². The van der Waals surface area contributed by atoms with Crippen molar-refractivity contribution < 1.29 is 29.2 Å². The Labute approximate surface area is 132 Å². The molecule has 0 aliphatic carbocycles. The Kier molecular flexibility index (Phi) is 5.84. The predicted octanol–water partition coefficient (Wildman–Crippen LogP) is 1.41. The van der Waals surface area contributed by atoms with Gasteiger partial charge < -0.3 is 29.2 Å². The summed E-state index contributed by atoms with van der Waals surface area (Å²) in [5.74, 6) is -0.128. The normalized spacial score (nSPS) is 12.3.